The lowest BCUT2D eigenvalue weighted by atomic mass is 9.72. The van der Waals surface area contributed by atoms with Gasteiger partial charge in [0.25, 0.3) is 0 Å². The number of furan rings is 2. The average Bonchev–Trinajstić information content (AvgIpc) is 4.09. The zero-order valence-corrected chi connectivity index (χ0v) is 41.7. The molecule has 14 rings (SSSR count). The van der Waals surface area contributed by atoms with Crippen LogP contribution in [0.1, 0.15) is 97.2 Å². The maximum absolute atomic E-state index is 6.99. The monoisotopic (exact) mass is 905 g/mol. The van der Waals surface area contributed by atoms with E-state index in [1.165, 1.54) is 116 Å². The van der Waals surface area contributed by atoms with Gasteiger partial charge in [-0.15, -0.1) is 0 Å². The van der Waals surface area contributed by atoms with Gasteiger partial charge in [0.15, 0.2) is 0 Å². The molecule has 0 aliphatic heterocycles. The van der Waals surface area contributed by atoms with Crippen molar-refractivity contribution in [2.45, 2.75) is 85.5 Å². The highest BCUT2D eigenvalue weighted by Gasteiger charge is 2.49. The first-order valence-corrected chi connectivity index (χ1v) is 25.0. The van der Waals surface area contributed by atoms with Gasteiger partial charge in [0, 0.05) is 66.0 Å². The van der Waals surface area contributed by atoms with Gasteiger partial charge in [-0.2, -0.15) is 0 Å². The third kappa shape index (κ3) is 5.25. The standard InChI is InChI=1S/C67H55NO2/c1-36-23-25-40(26-24-36)68(41-27-29-44-50(33-41)65(5,6)52-35-48(55-38(3)31-37(2)32-39(55)4)63-58(56(44)52)46-18-12-15-21-53(46)69-63)42-28-30-45-51(34-42)67(9,10)61-57(45)59-47-19-13-16-22-54(47)70-64(59)60-43-17-11-14-20-49(43)66(7,8)62(60)61/h11-35H,1-10H3. The van der Waals surface area contributed by atoms with Crippen molar-refractivity contribution >= 4 is 60.9 Å². The van der Waals surface area contributed by atoms with Gasteiger partial charge in [-0.1, -0.05) is 150 Å². The molecule has 0 radical (unpaired) electrons. The van der Waals surface area contributed by atoms with Gasteiger partial charge in [-0.25, -0.2) is 0 Å². The smallest absolute Gasteiger partial charge is 0.144 e. The Morgan fingerprint density at radius 1 is 0.357 bits per heavy atom. The van der Waals surface area contributed by atoms with Crippen molar-refractivity contribution in [1.29, 1.82) is 0 Å². The number of hydrogen-bond acceptors (Lipinski definition) is 3. The van der Waals surface area contributed by atoms with Crippen LogP contribution in [0.3, 0.4) is 0 Å². The van der Waals surface area contributed by atoms with Crippen LogP contribution in [-0.2, 0) is 16.2 Å². The lowest BCUT2D eigenvalue weighted by Gasteiger charge is -2.32. The van der Waals surface area contributed by atoms with E-state index in [0.717, 1.165) is 44.8 Å². The van der Waals surface area contributed by atoms with Gasteiger partial charge >= 0.3 is 0 Å². The van der Waals surface area contributed by atoms with Crippen molar-refractivity contribution in [2.75, 3.05) is 4.90 Å². The average molecular weight is 906 g/mol. The molecule has 11 aromatic rings. The molecule has 0 unspecified atom stereocenters. The predicted octanol–water partition coefficient (Wildman–Crippen LogP) is 18.8. The number of aryl methyl sites for hydroxylation is 4. The van der Waals surface area contributed by atoms with E-state index in [-0.39, 0.29) is 16.2 Å². The summed E-state index contributed by atoms with van der Waals surface area (Å²) in [6, 6.07) is 56.8. The van der Waals surface area contributed by atoms with Gasteiger partial charge in [0.05, 0.1) is 0 Å². The Kier molecular flexibility index (Phi) is 8.15. The quantitative estimate of drug-likeness (QED) is 0.176. The van der Waals surface area contributed by atoms with Crippen LogP contribution >= 0.6 is 0 Å². The Bertz CT molecular complexity index is 4110. The first-order valence-electron chi connectivity index (χ1n) is 25.0. The molecule has 3 aliphatic carbocycles. The molecule has 0 saturated heterocycles. The van der Waals surface area contributed by atoms with Crippen molar-refractivity contribution in [3.8, 4) is 44.5 Å². The number of fused-ring (bicyclic) bond motifs is 19. The number of anilines is 3. The summed E-state index contributed by atoms with van der Waals surface area (Å²) >= 11 is 0. The minimum absolute atomic E-state index is 0.221. The second kappa shape index (κ2) is 13.8. The molecule has 2 aromatic heterocycles. The third-order valence-corrected chi connectivity index (χ3v) is 16.9. The van der Waals surface area contributed by atoms with E-state index in [9.17, 15) is 0 Å². The lowest BCUT2D eigenvalue weighted by Crippen LogP contribution is -2.24. The molecule has 0 amide bonds. The van der Waals surface area contributed by atoms with Crippen LogP contribution in [0.15, 0.2) is 160 Å². The molecular formula is C67H55NO2. The van der Waals surface area contributed by atoms with Crippen LogP contribution in [0, 0.1) is 27.7 Å². The highest BCUT2D eigenvalue weighted by atomic mass is 16.3. The molecule has 0 saturated carbocycles. The topological polar surface area (TPSA) is 29.5 Å². The molecular weight excluding hydrogens is 851 g/mol. The summed E-state index contributed by atoms with van der Waals surface area (Å²) < 4.78 is 13.9. The van der Waals surface area contributed by atoms with E-state index in [4.69, 9.17) is 8.83 Å². The van der Waals surface area contributed by atoms with Crippen LogP contribution < -0.4 is 4.90 Å². The first-order chi connectivity index (χ1) is 33.6. The minimum Gasteiger partial charge on any atom is -0.455 e. The second-order valence-corrected chi connectivity index (χ2v) is 22.3. The minimum atomic E-state index is -0.318. The molecule has 3 aliphatic rings. The highest BCUT2D eigenvalue weighted by Crippen LogP contribution is 2.64. The van der Waals surface area contributed by atoms with Crippen LogP contribution in [-0.4, -0.2) is 0 Å². The Morgan fingerprint density at radius 2 is 0.857 bits per heavy atom. The van der Waals surface area contributed by atoms with Crippen molar-refractivity contribution in [2.24, 2.45) is 0 Å². The summed E-state index contributed by atoms with van der Waals surface area (Å²) in [5.41, 5.74) is 29.7. The Hall–Kier alpha value is -7.62. The van der Waals surface area contributed by atoms with Gasteiger partial charge in [0.1, 0.15) is 22.3 Å². The zero-order chi connectivity index (χ0) is 47.9. The van der Waals surface area contributed by atoms with Gasteiger partial charge < -0.3 is 13.7 Å². The van der Waals surface area contributed by atoms with Crippen molar-refractivity contribution in [3.05, 3.63) is 207 Å². The van der Waals surface area contributed by atoms with Gasteiger partial charge in [0.2, 0.25) is 0 Å². The SMILES string of the molecule is Cc1ccc(N(c2ccc3c(c2)C(C)(C)c2cc(-c4c(C)cc(C)cc4C)c4oc5ccccc5c4c2-3)c2ccc3c(c2)C(C)(C)c2c4c(c5oc6ccccc6c5c2-3)-c2ccccc2C4(C)C)cc1. The molecule has 0 bridgehead atoms. The maximum atomic E-state index is 6.99. The van der Waals surface area contributed by atoms with Crippen LogP contribution in [0.5, 0.6) is 0 Å². The molecule has 340 valence electrons. The summed E-state index contributed by atoms with van der Waals surface area (Å²) in [7, 11) is 0. The molecule has 2 heterocycles. The summed E-state index contributed by atoms with van der Waals surface area (Å²) in [6.07, 6.45) is 0. The zero-order valence-electron chi connectivity index (χ0n) is 41.7. The number of para-hydroxylation sites is 2. The number of hydrogen-bond donors (Lipinski definition) is 0. The van der Waals surface area contributed by atoms with Crippen molar-refractivity contribution in [1.82, 2.24) is 0 Å². The normalized spacial score (nSPS) is 15.3. The van der Waals surface area contributed by atoms with Crippen molar-refractivity contribution < 1.29 is 8.83 Å². The molecule has 0 atom stereocenters. The van der Waals surface area contributed by atoms with Crippen LogP contribution in [0.2, 0.25) is 0 Å². The second-order valence-electron chi connectivity index (χ2n) is 22.3. The number of benzene rings is 9. The highest BCUT2D eigenvalue weighted by molar-refractivity contribution is 6.21. The van der Waals surface area contributed by atoms with Crippen LogP contribution in [0.4, 0.5) is 17.1 Å². The fourth-order valence-corrected chi connectivity index (χ4v) is 13.8. The summed E-state index contributed by atoms with van der Waals surface area (Å²) in [5, 5.41) is 4.76. The predicted molar refractivity (Wildman–Crippen MR) is 293 cm³/mol. The molecule has 0 N–H and O–H groups in total. The van der Waals surface area contributed by atoms with Gasteiger partial charge in [-0.3, -0.25) is 0 Å². The van der Waals surface area contributed by atoms with E-state index in [0.29, 0.717) is 0 Å². The molecule has 9 aromatic carbocycles. The van der Waals surface area contributed by atoms with Crippen molar-refractivity contribution in [3.63, 3.8) is 0 Å². The van der Waals surface area contributed by atoms with E-state index >= 15 is 0 Å². The fraction of sp³-hybridized carbons (Fsp3) is 0.194. The number of nitrogens with zero attached hydrogens (tertiary/aromatic N) is 1. The van der Waals surface area contributed by atoms with Crippen LogP contribution in [0.25, 0.3) is 88.4 Å². The largest absolute Gasteiger partial charge is 0.455 e. The van der Waals surface area contributed by atoms with E-state index in [2.05, 4.69) is 226 Å². The molecule has 3 nitrogen and oxygen atoms in total. The summed E-state index contributed by atoms with van der Waals surface area (Å²) in [4.78, 5) is 2.48. The Morgan fingerprint density at radius 3 is 1.51 bits per heavy atom. The fourth-order valence-electron chi connectivity index (χ4n) is 13.8. The summed E-state index contributed by atoms with van der Waals surface area (Å²) in [6.45, 7) is 23.4. The molecule has 70 heavy (non-hydrogen) atoms. The summed E-state index contributed by atoms with van der Waals surface area (Å²) in [5.74, 6) is 0. The van der Waals surface area contributed by atoms with E-state index in [1.54, 1.807) is 0 Å². The Labute approximate surface area is 410 Å². The maximum Gasteiger partial charge on any atom is 0.144 e. The van der Waals surface area contributed by atoms with Gasteiger partial charge in [-0.05, 0) is 160 Å². The molecule has 0 fully saturated rings. The molecule has 0 spiro atoms. The van der Waals surface area contributed by atoms with E-state index in [1.807, 2.05) is 0 Å². The third-order valence-electron chi connectivity index (χ3n) is 16.9. The Balaban J connectivity index is 0.986. The lowest BCUT2D eigenvalue weighted by molar-refractivity contribution is 0.600. The molecule has 3 heteroatoms. The first kappa shape index (κ1) is 41.4. The van der Waals surface area contributed by atoms with E-state index < -0.39 is 0 Å². The number of rotatable bonds is 4.